The maximum absolute atomic E-state index is 4.35. The summed E-state index contributed by atoms with van der Waals surface area (Å²) in [5, 5.41) is 0. The van der Waals surface area contributed by atoms with Gasteiger partial charge in [-0.15, -0.1) is 0 Å². The molecule has 0 radical (unpaired) electrons. The number of hydrogen-bond donors (Lipinski definition) is 1. The average Bonchev–Trinajstić information content (AvgIpc) is 2.79. The van der Waals surface area contributed by atoms with E-state index in [0.717, 1.165) is 0 Å². The Morgan fingerprint density at radius 3 is 2.00 bits per heavy atom. The molecule has 1 aromatic rings. The van der Waals surface area contributed by atoms with Gasteiger partial charge in [0.05, 0.1) is 0 Å². The number of nitrogens with one attached hydrogen (secondary N) is 1. The van der Waals surface area contributed by atoms with Gasteiger partial charge in [0.1, 0.15) is 0 Å². The molecule has 6 heteroatoms. The molecular formula is C19H35BrN3SiZr. The number of fused-ring (bicyclic) bond motifs is 1. The maximum atomic E-state index is 4.35. The van der Waals surface area contributed by atoms with E-state index in [4.69, 9.17) is 0 Å². The first-order valence-electron chi connectivity index (χ1n) is 9.14. The summed E-state index contributed by atoms with van der Waals surface area (Å²) in [7, 11) is 9.27. The average molecular weight is 505 g/mol. The van der Waals surface area contributed by atoms with Crippen LogP contribution in [0.4, 0.5) is 0 Å². The van der Waals surface area contributed by atoms with E-state index < -0.39 is 24.7 Å². The van der Waals surface area contributed by atoms with Crippen molar-refractivity contribution in [2.75, 3.05) is 28.2 Å². The number of hydrogen-bond acceptors (Lipinski definition) is 3. The third-order valence-corrected chi connectivity index (χ3v) is 52.5. The summed E-state index contributed by atoms with van der Waals surface area (Å²) in [4.78, 5) is 0. The molecule has 0 saturated heterocycles. The molecule has 3 nitrogen and oxygen atoms in total. The zero-order valence-electron chi connectivity index (χ0n) is 17.3. The van der Waals surface area contributed by atoms with Crippen molar-refractivity contribution in [3.05, 3.63) is 39.9 Å². The molecule has 0 fully saturated rings. The Kier molecular flexibility index (Phi) is 6.17. The second-order valence-electron chi connectivity index (χ2n) is 9.21. The van der Waals surface area contributed by atoms with Crippen LogP contribution in [0.25, 0.3) is 6.08 Å². The molecule has 0 spiro atoms. The summed E-state index contributed by atoms with van der Waals surface area (Å²) in [5.41, 5.74) is 2.91. The van der Waals surface area contributed by atoms with Crippen LogP contribution in [0.15, 0.2) is 28.7 Å². The van der Waals surface area contributed by atoms with Gasteiger partial charge in [0.15, 0.2) is 0 Å². The summed E-state index contributed by atoms with van der Waals surface area (Å²) >= 11 is 0.144. The first kappa shape index (κ1) is 21.7. The molecule has 141 valence electrons. The summed E-state index contributed by atoms with van der Waals surface area (Å²) in [6.45, 7) is 12.1. The van der Waals surface area contributed by atoms with Crippen molar-refractivity contribution in [3.8, 4) is 0 Å². The van der Waals surface area contributed by atoms with Gasteiger partial charge in [-0.2, -0.15) is 0 Å². The van der Waals surface area contributed by atoms with Crippen molar-refractivity contribution >= 4 is 27.9 Å². The minimum atomic E-state index is -3.87. The van der Waals surface area contributed by atoms with Gasteiger partial charge >= 0.3 is 167 Å². The molecule has 0 aliphatic heterocycles. The molecule has 1 aliphatic carbocycles. The standard InChI is InChI=1S/C9H6Br.C4H10N.2C2H6N.C2H7Si.Zr/c10-9-5-7-3-1-2-4-8(7)6-9;1-4(2,3)5;3*1-3-2;/h1-6H;5H,1-3H3;2*1-2H3;3H,1-2H3;/q;3*-1;;+3. The van der Waals surface area contributed by atoms with Gasteiger partial charge < -0.3 is 0 Å². The van der Waals surface area contributed by atoms with Crippen molar-refractivity contribution in [1.29, 1.82) is 0 Å². The molecule has 0 heterocycles. The van der Waals surface area contributed by atoms with E-state index in [2.05, 4.69) is 117 Å². The summed E-state index contributed by atoms with van der Waals surface area (Å²) in [6.07, 6.45) is 2.35. The molecule has 1 aliphatic rings. The topological polar surface area (TPSA) is 18.5 Å². The molecule has 1 atom stereocenters. The van der Waals surface area contributed by atoms with Crippen LogP contribution >= 0.6 is 15.9 Å². The van der Waals surface area contributed by atoms with Crippen LogP contribution in [0.2, 0.25) is 13.1 Å². The SMILES string of the molecule is C[N](C)[Zr]([NH]C(C)(C)C)([CH]1C(Br)=Cc2ccccc21)([N](C)C)[SiH](C)C. The Bertz CT molecular complexity index is 655. The molecule has 1 aromatic carbocycles. The van der Waals surface area contributed by atoms with Crippen molar-refractivity contribution < 1.29 is 18.8 Å². The Balaban J connectivity index is 2.91. The van der Waals surface area contributed by atoms with E-state index in [1.54, 1.807) is 0 Å². The van der Waals surface area contributed by atoms with Gasteiger partial charge in [0.2, 0.25) is 0 Å². The van der Waals surface area contributed by atoms with Crippen molar-refractivity contribution in [2.45, 2.75) is 43.0 Å². The van der Waals surface area contributed by atoms with Crippen LogP contribution in [0.5, 0.6) is 0 Å². The second-order valence-corrected chi connectivity index (χ2v) is 40.5. The van der Waals surface area contributed by atoms with Crippen molar-refractivity contribution in [2.24, 2.45) is 0 Å². The van der Waals surface area contributed by atoms with E-state index in [1.165, 1.54) is 15.6 Å². The quantitative estimate of drug-likeness (QED) is 0.600. The summed E-state index contributed by atoms with van der Waals surface area (Å²) in [5.74, 6) is -1.14. The molecule has 2 rings (SSSR count). The summed E-state index contributed by atoms with van der Waals surface area (Å²) < 4.78 is 11.4. The van der Waals surface area contributed by atoms with Crippen LogP contribution < -0.4 is 3.26 Å². The van der Waals surface area contributed by atoms with Crippen LogP contribution in [0, 0.1) is 0 Å². The van der Waals surface area contributed by atoms with Crippen LogP contribution in [-0.4, -0.2) is 45.3 Å². The number of halogens is 1. The zero-order valence-corrected chi connectivity index (χ0v) is 22.5. The molecule has 1 unspecified atom stereocenters. The van der Waals surface area contributed by atoms with Crippen LogP contribution in [-0.2, 0) is 18.8 Å². The molecule has 25 heavy (non-hydrogen) atoms. The predicted octanol–water partition coefficient (Wildman–Crippen LogP) is 4.41. The Hall–Kier alpha value is 0.420. The number of allylic oxidation sites excluding steroid dienone is 1. The predicted molar refractivity (Wildman–Crippen MR) is 115 cm³/mol. The van der Waals surface area contributed by atoms with Gasteiger partial charge in [-0.3, -0.25) is 0 Å². The molecule has 0 bridgehead atoms. The molecule has 0 amide bonds. The first-order valence-corrected chi connectivity index (χ1v) is 21.9. The third kappa shape index (κ3) is 3.15. The van der Waals surface area contributed by atoms with E-state index in [1.807, 2.05) is 0 Å². The Labute approximate surface area is 165 Å². The van der Waals surface area contributed by atoms with Gasteiger partial charge in [-0.1, -0.05) is 0 Å². The van der Waals surface area contributed by atoms with Crippen LogP contribution in [0.3, 0.4) is 0 Å². The van der Waals surface area contributed by atoms with E-state index >= 15 is 0 Å². The Morgan fingerprint density at radius 2 is 1.56 bits per heavy atom. The van der Waals surface area contributed by atoms with Crippen molar-refractivity contribution in [1.82, 2.24) is 8.95 Å². The fourth-order valence-corrected chi connectivity index (χ4v) is 53.4. The zero-order chi connectivity index (χ0) is 19.2. The van der Waals surface area contributed by atoms with E-state index in [-0.39, 0.29) is 5.54 Å². The Morgan fingerprint density at radius 1 is 1.04 bits per heavy atom. The molecular weight excluding hydrogens is 469 g/mol. The van der Waals surface area contributed by atoms with E-state index in [9.17, 15) is 0 Å². The molecule has 0 saturated carbocycles. The number of rotatable bonds is 5. The minimum absolute atomic E-state index is 0.0574. The third-order valence-electron chi connectivity index (χ3n) is 6.09. The molecule has 0 aromatic heterocycles. The second kappa shape index (κ2) is 7.10. The monoisotopic (exact) mass is 502 g/mol. The van der Waals surface area contributed by atoms with Gasteiger partial charge in [-0.05, 0) is 0 Å². The van der Waals surface area contributed by atoms with Gasteiger partial charge in [0, 0.05) is 0 Å². The van der Waals surface area contributed by atoms with E-state index in [0.29, 0.717) is 3.63 Å². The van der Waals surface area contributed by atoms with Gasteiger partial charge in [-0.25, -0.2) is 0 Å². The summed E-state index contributed by atoms with van der Waals surface area (Å²) in [6, 6.07) is 8.94. The normalized spacial score (nSPS) is 20.0. The first-order chi connectivity index (χ1) is 11.4. The van der Waals surface area contributed by atoms with Crippen molar-refractivity contribution in [3.63, 3.8) is 0 Å². The number of benzene rings is 1. The fraction of sp³-hybridized carbons (Fsp3) is 0.579. The van der Waals surface area contributed by atoms with Gasteiger partial charge in [0.25, 0.3) is 0 Å². The van der Waals surface area contributed by atoms with Crippen LogP contribution in [0.1, 0.15) is 35.5 Å². The fourth-order valence-electron chi connectivity index (χ4n) is 5.36. The number of nitrogens with zero attached hydrogens (tertiary/aromatic N) is 2. The molecule has 1 N–H and O–H groups in total.